The number of rotatable bonds is 4. The summed E-state index contributed by atoms with van der Waals surface area (Å²) in [6.45, 7) is 0. The first kappa shape index (κ1) is 21.5. The van der Waals surface area contributed by atoms with Crippen LogP contribution in [-0.2, 0) is 19.1 Å². The Morgan fingerprint density at radius 1 is 1.03 bits per heavy atom. The molecular formula is C22H17F2N3O4. The van der Waals surface area contributed by atoms with Crippen molar-refractivity contribution in [3.8, 4) is 6.07 Å². The van der Waals surface area contributed by atoms with Crippen molar-refractivity contribution in [1.82, 2.24) is 0 Å². The summed E-state index contributed by atoms with van der Waals surface area (Å²) in [4.78, 5) is 26.6. The van der Waals surface area contributed by atoms with Gasteiger partial charge in [-0.15, -0.1) is 0 Å². The topological polar surface area (TPSA) is 106 Å². The lowest BCUT2D eigenvalue weighted by Gasteiger charge is -2.35. The van der Waals surface area contributed by atoms with Crippen molar-refractivity contribution in [2.75, 3.05) is 19.1 Å². The summed E-state index contributed by atoms with van der Waals surface area (Å²) in [6, 6.07) is 13.2. The molecule has 158 valence electrons. The molecule has 31 heavy (non-hydrogen) atoms. The molecule has 3 rings (SSSR count). The summed E-state index contributed by atoms with van der Waals surface area (Å²) in [5.41, 5.74) is 5.97. The second-order valence-corrected chi connectivity index (χ2v) is 6.43. The molecule has 7 nitrogen and oxygen atoms in total. The van der Waals surface area contributed by atoms with Gasteiger partial charge in [0.1, 0.15) is 11.5 Å². The van der Waals surface area contributed by atoms with Gasteiger partial charge in [-0.3, -0.25) is 4.90 Å². The SMILES string of the molecule is COC(=O)C1=C(C(=O)OC)N(c2ccc(F)c(F)c2)C(N)=C(C#N)C1c1ccccc1. The molecule has 0 fully saturated rings. The third kappa shape index (κ3) is 3.71. The number of halogens is 2. The van der Waals surface area contributed by atoms with E-state index < -0.39 is 29.5 Å². The molecule has 2 N–H and O–H groups in total. The summed E-state index contributed by atoms with van der Waals surface area (Å²) in [7, 11) is 2.20. The van der Waals surface area contributed by atoms with Crippen LogP contribution in [0.1, 0.15) is 11.5 Å². The number of nitriles is 1. The highest BCUT2D eigenvalue weighted by atomic mass is 19.2. The monoisotopic (exact) mass is 425 g/mol. The van der Waals surface area contributed by atoms with Gasteiger partial charge in [-0.05, 0) is 17.7 Å². The number of carbonyl (C=O) groups excluding carboxylic acids is 2. The molecule has 1 heterocycles. The molecule has 0 bridgehead atoms. The Labute approximate surface area is 176 Å². The zero-order chi connectivity index (χ0) is 22.7. The second kappa shape index (κ2) is 8.67. The van der Waals surface area contributed by atoms with Crippen LogP contribution in [0.4, 0.5) is 14.5 Å². The van der Waals surface area contributed by atoms with E-state index in [1.807, 2.05) is 6.07 Å². The average molecular weight is 425 g/mol. The van der Waals surface area contributed by atoms with Gasteiger partial charge in [0, 0.05) is 6.07 Å². The maximum absolute atomic E-state index is 14.0. The second-order valence-electron chi connectivity index (χ2n) is 6.43. The quantitative estimate of drug-likeness (QED) is 0.751. The molecule has 1 unspecified atom stereocenters. The number of carbonyl (C=O) groups is 2. The molecule has 1 atom stereocenters. The van der Waals surface area contributed by atoms with Crippen LogP contribution in [0.3, 0.4) is 0 Å². The maximum atomic E-state index is 14.0. The zero-order valence-corrected chi connectivity index (χ0v) is 16.6. The number of nitrogens with zero attached hydrogens (tertiary/aromatic N) is 2. The van der Waals surface area contributed by atoms with Crippen molar-refractivity contribution >= 4 is 17.6 Å². The normalized spacial score (nSPS) is 16.1. The highest BCUT2D eigenvalue weighted by Crippen LogP contribution is 2.43. The summed E-state index contributed by atoms with van der Waals surface area (Å²) in [6.07, 6.45) is 0. The summed E-state index contributed by atoms with van der Waals surface area (Å²) in [5, 5.41) is 9.87. The van der Waals surface area contributed by atoms with Crippen LogP contribution in [-0.4, -0.2) is 26.2 Å². The van der Waals surface area contributed by atoms with Gasteiger partial charge in [-0.2, -0.15) is 5.26 Å². The molecule has 0 amide bonds. The van der Waals surface area contributed by atoms with Gasteiger partial charge in [0.2, 0.25) is 0 Å². The van der Waals surface area contributed by atoms with Crippen LogP contribution in [0, 0.1) is 23.0 Å². The number of methoxy groups -OCH3 is 2. The van der Waals surface area contributed by atoms with Crippen molar-refractivity contribution in [1.29, 1.82) is 5.26 Å². The smallest absolute Gasteiger partial charge is 0.355 e. The molecule has 2 aromatic carbocycles. The fraction of sp³-hybridized carbons (Fsp3) is 0.136. The number of hydrogen-bond acceptors (Lipinski definition) is 7. The average Bonchev–Trinajstić information content (AvgIpc) is 2.79. The third-order valence-electron chi connectivity index (χ3n) is 4.77. The van der Waals surface area contributed by atoms with E-state index >= 15 is 0 Å². The predicted octanol–water partition coefficient (Wildman–Crippen LogP) is 2.86. The van der Waals surface area contributed by atoms with Gasteiger partial charge in [-0.25, -0.2) is 18.4 Å². The van der Waals surface area contributed by atoms with E-state index in [1.165, 1.54) is 0 Å². The van der Waals surface area contributed by atoms with Crippen molar-refractivity contribution in [3.63, 3.8) is 0 Å². The van der Waals surface area contributed by atoms with Gasteiger partial charge < -0.3 is 15.2 Å². The highest BCUT2D eigenvalue weighted by Gasteiger charge is 2.43. The molecule has 9 heteroatoms. The molecule has 0 saturated heterocycles. The van der Waals surface area contributed by atoms with E-state index in [-0.39, 0.29) is 28.4 Å². The Balaban J connectivity index is 2.41. The number of esters is 2. The van der Waals surface area contributed by atoms with Gasteiger partial charge >= 0.3 is 11.9 Å². The van der Waals surface area contributed by atoms with Crippen molar-refractivity contribution in [2.45, 2.75) is 5.92 Å². The molecule has 0 aromatic heterocycles. The minimum Gasteiger partial charge on any atom is -0.466 e. The van der Waals surface area contributed by atoms with Gasteiger partial charge in [0.25, 0.3) is 0 Å². The summed E-state index contributed by atoms with van der Waals surface area (Å²) in [5.74, 6) is -5.52. The van der Waals surface area contributed by atoms with Crippen molar-refractivity contribution in [3.05, 3.63) is 88.4 Å². The number of hydrogen-bond donors (Lipinski definition) is 1. The van der Waals surface area contributed by atoms with Gasteiger partial charge in [0.15, 0.2) is 11.6 Å². The Morgan fingerprint density at radius 2 is 1.68 bits per heavy atom. The van der Waals surface area contributed by atoms with E-state index in [0.717, 1.165) is 37.3 Å². The van der Waals surface area contributed by atoms with Crippen LogP contribution in [0.2, 0.25) is 0 Å². The minimum absolute atomic E-state index is 0.0796. The zero-order valence-electron chi connectivity index (χ0n) is 16.6. The third-order valence-corrected chi connectivity index (χ3v) is 4.77. The number of nitrogens with two attached hydrogens (primary N) is 1. The van der Waals surface area contributed by atoms with E-state index in [4.69, 9.17) is 15.2 Å². The largest absolute Gasteiger partial charge is 0.466 e. The molecular weight excluding hydrogens is 408 g/mol. The Morgan fingerprint density at radius 3 is 2.23 bits per heavy atom. The number of anilines is 1. The predicted molar refractivity (Wildman–Crippen MR) is 106 cm³/mol. The summed E-state index contributed by atoms with van der Waals surface area (Å²) >= 11 is 0. The molecule has 1 aliphatic heterocycles. The molecule has 0 radical (unpaired) electrons. The number of benzene rings is 2. The van der Waals surface area contributed by atoms with E-state index in [0.29, 0.717) is 5.56 Å². The standard InChI is InChI=1S/C22H17F2N3O4/c1-30-21(28)18-17(12-6-4-3-5-7-12)14(11-25)20(26)27(19(18)22(29)31-2)13-8-9-15(23)16(24)10-13/h3-10,17H,26H2,1-2H3. The number of allylic oxidation sites excluding steroid dienone is 1. The first-order chi connectivity index (χ1) is 14.8. The van der Waals surface area contributed by atoms with Crippen LogP contribution >= 0.6 is 0 Å². The Kier molecular flexibility index (Phi) is 6.02. The Hall–Kier alpha value is -4.19. The lowest BCUT2D eigenvalue weighted by Crippen LogP contribution is -2.40. The highest BCUT2D eigenvalue weighted by molar-refractivity contribution is 6.06. The van der Waals surface area contributed by atoms with E-state index in [1.54, 1.807) is 30.3 Å². The van der Waals surface area contributed by atoms with Crippen LogP contribution in [0.15, 0.2) is 71.2 Å². The summed E-state index contributed by atoms with van der Waals surface area (Å²) < 4.78 is 37.2. The van der Waals surface area contributed by atoms with Crippen molar-refractivity contribution in [2.24, 2.45) is 5.73 Å². The minimum atomic E-state index is -1.21. The van der Waals surface area contributed by atoms with Crippen molar-refractivity contribution < 1.29 is 27.8 Å². The number of ether oxygens (including phenoxy) is 2. The van der Waals surface area contributed by atoms with E-state index in [2.05, 4.69) is 0 Å². The van der Waals surface area contributed by atoms with Crippen LogP contribution in [0.5, 0.6) is 0 Å². The molecule has 1 aliphatic rings. The van der Waals surface area contributed by atoms with E-state index in [9.17, 15) is 23.6 Å². The molecule has 0 spiro atoms. The molecule has 0 saturated carbocycles. The fourth-order valence-corrected chi connectivity index (χ4v) is 3.41. The lowest BCUT2D eigenvalue weighted by atomic mass is 9.81. The fourth-order valence-electron chi connectivity index (χ4n) is 3.41. The molecule has 2 aromatic rings. The Bertz CT molecular complexity index is 1150. The first-order valence-corrected chi connectivity index (χ1v) is 8.96. The maximum Gasteiger partial charge on any atom is 0.355 e. The lowest BCUT2D eigenvalue weighted by molar-refractivity contribution is -0.139. The van der Waals surface area contributed by atoms with Crippen LogP contribution < -0.4 is 10.6 Å². The van der Waals surface area contributed by atoms with Crippen LogP contribution in [0.25, 0.3) is 0 Å². The molecule has 0 aliphatic carbocycles. The van der Waals surface area contributed by atoms with Gasteiger partial charge in [0.05, 0.1) is 43.0 Å². The first-order valence-electron chi connectivity index (χ1n) is 8.96. The van der Waals surface area contributed by atoms with Gasteiger partial charge in [-0.1, -0.05) is 30.3 Å².